The van der Waals surface area contributed by atoms with Gasteiger partial charge in [-0.1, -0.05) is 182 Å². The maximum absolute atomic E-state index is 6.18. The monoisotopic (exact) mass is 868 g/mol. The molecular weight excluding hydrogens is 820 g/mol. The summed E-state index contributed by atoms with van der Waals surface area (Å²) in [6.07, 6.45) is 7.27. The standard InChI is InChI=1S/2C29H25O.Zr/c2*1-2-3-8-21-13-15-22(16-14-21)26-12-7-11-24-19-25(20-27(24)26)29-18-17-28(30-29)23-9-5-4-6-10-23;/h2*4-7,9-20H,2-3,8H2,1H3;/q2*-1;+2. The molecule has 2 heterocycles. The molecule has 0 saturated carbocycles. The zero-order valence-electron chi connectivity index (χ0n) is 35.0. The topological polar surface area (TPSA) is 26.3 Å². The number of fused-ring (bicyclic) bond motifs is 2. The number of unbranched alkanes of at least 4 members (excludes halogenated alkanes) is 2. The van der Waals surface area contributed by atoms with Gasteiger partial charge in [-0.25, -0.2) is 0 Å². The van der Waals surface area contributed by atoms with E-state index in [0.717, 1.165) is 58.1 Å². The van der Waals surface area contributed by atoms with Gasteiger partial charge in [0.1, 0.15) is 11.5 Å². The fraction of sp³-hybridized carbons (Fsp3) is 0.138. The maximum atomic E-state index is 6.18. The second-order valence-electron chi connectivity index (χ2n) is 15.8. The molecule has 0 aliphatic carbocycles. The van der Waals surface area contributed by atoms with E-state index in [-0.39, 0.29) is 26.2 Å². The van der Waals surface area contributed by atoms with Crippen LogP contribution in [0.2, 0.25) is 0 Å². The Balaban J connectivity index is 0.000000166. The van der Waals surface area contributed by atoms with E-state index >= 15 is 0 Å². The van der Waals surface area contributed by atoms with E-state index in [2.05, 4.69) is 172 Å². The minimum Gasteiger partial charge on any atom is -0.491 e. The number of hydrogen-bond donors (Lipinski definition) is 0. The Morgan fingerprint density at radius 2 is 0.770 bits per heavy atom. The van der Waals surface area contributed by atoms with Crippen molar-refractivity contribution in [3.05, 3.63) is 205 Å². The van der Waals surface area contributed by atoms with Crippen molar-refractivity contribution in [3.8, 4) is 67.5 Å². The molecule has 298 valence electrons. The van der Waals surface area contributed by atoms with Crippen LogP contribution in [-0.2, 0) is 39.0 Å². The first-order chi connectivity index (χ1) is 29.6. The van der Waals surface area contributed by atoms with Crippen LogP contribution >= 0.6 is 0 Å². The van der Waals surface area contributed by atoms with E-state index in [0.29, 0.717) is 0 Å². The van der Waals surface area contributed by atoms with E-state index in [1.54, 1.807) is 0 Å². The van der Waals surface area contributed by atoms with Crippen molar-refractivity contribution in [1.82, 2.24) is 0 Å². The predicted octanol–water partition coefficient (Wildman–Crippen LogP) is 17.0. The molecule has 0 unspecified atom stereocenters. The molecule has 3 heteroatoms. The molecule has 0 bridgehead atoms. The van der Waals surface area contributed by atoms with E-state index < -0.39 is 0 Å². The van der Waals surface area contributed by atoms with Crippen LogP contribution in [0.3, 0.4) is 0 Å². The van der Waals surface area contributed by atoms with Gasteiger partial charge in [-0.2, -0.15) is 0 Å². The van der Waals surface area contributed by atoms with Gasteiger partial charge in [-0.15, -0.1) is 57.9 Å². The molecule has 0 radical (unpaired) electrons. The summed E-state index contributed by atoms with van der Waals surface area (Å²) in [5, 5.41) is 5.03. The molecule has 0 spiro atoms. The van der Waals surface area contributed by atoms with E-state index in [1.807, 2.05) is 36.4 Å². The summed E-state index contributed by atoms with van der Waals surface area (Å²) in [5.74, 6) is 3.62. The number of rotatable bonds is 12. The third kappa shape index (κ3) is 9.49. The number of benzene rings is 6. The van der Waals surface area contributed by atoms with E-state index in [9.17, 15) is 0 Å². The molecule has 0 aliphatic heterocycles. The van der Waals surface area contributed by atoms with Gasteiger partial charge in [-0.05, 0) is 72.2 Å². The summed E-state index contributed by atoms with van der Waals surface area (Å²) in [6, 6.07) is 68.9. The van der Waals surface area contributed by atoms with Gasteiger partial charge in [0, 0.05) is 11.1 Å². The SMILES string of the molecule is CCCCc1ccc(-c2cccc3[cH-]c(-c4ccc(-c5ccccc5)o4)cc23)cc1.CCCCc1ccc(-c2cccc3[cH-]c(-c4ccc(-c5ccccc5)o4)cc23)cc1.[Zr+2]. The van der Waals surface area contributed by atoms with Crippen molar-refractivity contribution < 1.29 is 35.0 Å². The third-order valence-corrected chi connectivity index (χ3v) is 11.6. The first-order valence-electron chi connectivity index (χ1n) is 21.5. The minimum absolute atomic E-state index is 0. The molecule has 61 heavy (non-hydrogen) atoms. The Bertz CT molecular complexity index is 2720. The van der Waals surface area contributed by atoms with Crippen LogP contribution in [0.1, 0.15) is 50.7 Å². The Morgan fingerprint density at radius 3 is 1.16 bits per heavy atom. The van der Waals surface area contributed by atoms with Crippen LogP contribution < -0.4 is 0 Å². The first-order valence-corrected chi connectivity index (χ1v) is 21.5. The van der Waals surface area contributed by atoms with Crippen LogP contribution in [-0.4, -0.2) is 0 Å². The van der Waals surface area contributed by atoms with Crippen molar-refractivity contribution in [2.75, 3.05) is 0 Å². The second kappa shape index (κ2) is 19.6. The van der Waals surface area contributed by atoms with Crippen molar-refractivity contribution in [3.63, 3.8) is 0 Å². The fourth-order valence-electron chi connectivity index (χ4n) is 8.22. The quantitative estimate of drug-likeness (QED) is 0.114. The minimum atomic E-state index is 0. The average Bonchev–Trinajstić information content (AvgIpc) is 4.15. The molecule has 0 fully saturated rings. The maximum Gasteiger partial charge on any atom is 2.00 e. The fourth-order valence-corrected chi connectivity index (χ4v) is 8.22. The molecule has 2 nitrogen and oxygen atoms in total. The van der Waals surface area contributed by atoms with Gasteiger partial charge in [0.25, 0.3) is 0 Å². The summed E-state index contributed by atoms with van der Waals surface area (Å²) in [7, 11) is 0. The van der Waals surface area contributed by atoms with Gasteiger partial charge in [-0.3, -0.25) is 0 Å². The molecule has 8 aromatic carbocycles. The normalized spacial score (nSPS) is 11.0. The number of furan rings is 2. The Morgan fingerprint density at radius 1 is 0.377 bits per heavy atom. The van der Waals surface area contributed by atoms with E-state index in [1.165, 1.54) is 80.6 Å². The van der Waals surface area contributed by atoms with Crippen LogP contribution in [0.4, 0.5) is 0 Å². The van der Waals surface area contributed by atoms with Gasteiger partial charge in [0.2, 0.25) is 0 Å². The summed E-state index contributed by atoms with van der Waals surface area (Å²) in [4.78, 5) is 0. The molecule has 0 saturated heterocycles. The van der Waals surface area contributed by atoms with Crippen molar-refractivity contribution >= 4 is 21.5 Å². The molecule has 0 amide bonds. The van der Waals surface area contributed by atoms with Gasteiger partial charge in [0.05, 0.1) is 11.5 Å². The zero-order chi connectivity index (χ0) is 40.7. The molecule has 0 atom stereocenters. The van der Waals surface area contributed by atoms with Crippen molar-refractivity contribution in [1.29, 1.82) is 0 Å². The van der Waals surface area contributed by atoms with Gasteiger partial charge in [0.15, 0.2) is 0 Å². The molecule has 2 aromatic heterocycles. The van der Waals surface area contributed by atoms with Gasteiger partial charge < -0.3 is 8.83 Å². The summed E-state index contributed by atoms with van der Waals surface area (Å²) >= 11 is 0. The molecule has 10 aromatic rings. The molecular formula is C58H50O2Zr. The van der Waals surface area contributed by atoms with Crippen molar-refractivity contribution in [2.24, 2.45) is 0 Å². The predicted molar refractivity (Wildman–Crippen MR) is 253 cm³/mol. The third-order valence-electron chi connectivity index (χ3n) is 11.6. The smallest absolute Gasteiger partial charge is 0.491 e. The van der Waals surface area contributed by atoms with E-state index in [4.69, 9.17) is 8.83 Å². The number of hydrogen-bond acceptors (Lipinski definition) is 2. The summed E-state index contributed by atoms with van der Waals surface area (Å²) in [6.45, 7) is 4.48. The zero-order valence-corrected chi connectivity index (χ0v) is 37.5. The summed E-state index contributed by atoms with van der Waals surface area (Å²) < 4.78 is 12.4. The first kappa shape index (κ1) is 41.7. The van der Waals surface area contributed by atoms with Crippen LogP contribution in [0.25, 0.3) is 89.1 Å². The largest absolute Gasteiger partial charge is 2.00 e. The Hall–Kier alpha value is -6.02. The molecule has 0 N–H and O–H groups in total. The Kier molecular flexibility index (Phi) is 13.4. The number of aryl methyl sites for hydroxylation is 2. The van der Waals surface area contributed by atoms with Crippen LogP contribution in [0, 0.1) is 0 Å². The van der Waals surface area contributed by atoms with Crippen LogP contribution in [0.5, 0.6) is 0 Å². The molecule has 0 aliphatic rings. The average molecular weight is 870 g/mol. The Labute approximate surface area is 379 Å². The van der Waals surface area contributed by atoms with Gasteiger partial charge >= 0.3 is 26.2 Å². The second-order valence-corrected chi connectivity index (χ2v) is 15.8. The van der Waals surface area contributed by atoms with Crippen molar-refractivity contribution in [2.45, 2.75) is 52.4 Å². The summed E-state index contributed by atoms with van der Waals surface area (Å²) in [5.41, 5.74) is 12.4. The molecule has 10 rings (SSSR count). The van der Waals surface area contributed by atoms with Crippen LogP contribution in [0.15, 0.2) is 203 Å².